The van der Waals surface area contributed by atoms with Gasteiger partial charge in [-0.2, -0.15) is 0 Å². The summed E-state index contributed by atoms with van der Waals surface area (Å²) in [5.74, 6) is 1.65. The van der Waals surface area contributed by atoms with E-state index in [-0.39, 0.29) is 0 Å². The molecule has 1 aliphatic rings. The lowest BCUT2D eigenvalue weighted by molar-refractivity contribution is 0.301. The molecule has 4 heteroatoms. The van der Waals surface area contributed by atoms with E-state index in [9.17, 15) is 0 Å². The summed E-state index contributed by atoms with van der Waals surface area (Å²) in [6.07, 6.45) is 0. The second-order valence-electron chi connectivity index (χ2n) is 3.12. The Kier molecular flexibility index (Phi) is 2.93. The monoisotopic (exact) mass is 257 g/mol. The first-order valence-electron chi connectivity index (χ1n) is 4.51. The largest absolute Gasteiger partial charge is 0.493 e. The van der Waals surface area contributed by atoms with Gasteiger partial charge in [0.25, 0.3) is 0 Å². The van der Waals surface area contributed by atoms with Gasteiger partial charge in [-0.05, 0) is 12.1 Å². The van der Waals surface area contributed by atoms with Gasteiger partial charge in [0.05, 0.1) is 7.11 Å². The van der Waals surface area contributed by atoms with Crippen LogP contribution in [0.15, 0.2) is 16.6 Å². The van der Waals surface area contributed by atoms with Crippen molar-refractivity contribution < 1.29 is 9.47 Å². The summed E-state index contributed by atoms with van der Waals surface area (Å²) in [6, 6.07) is 3.97. The van der Waals surface area contributed by atoms with Crippen molar-refractivity contribution in [3.8, 4) is 11.5 Å². The average molecular weight is 258 g/mol. The van der Waals surface area contributed by atoms with Crippen LogP contribution in [0.2, 0.25) is 0 Å². The molecule has 0 spiro atoms. The smallest absolute Gasteiger partial charge is 0.165 e. The van der Waals surface area contributed by atoms with Gasteiger partial charge in [0, 0.05) is 23.1 Å². The number of rotatable bonds is 1. The first kappa shape index (κ1) is 9.80. The van der Waals surface area contributed by atoms with Gasteiger partial charge < -0.3 is 14.8 Å². The molecule has 0 saturated carbocycles. The minimum Gasteiger partial charge on any atom is -0.493 e. The van der Waals surface area contributed by atoms with E-state index in [1.165, 1.54) is 0 Å². The Morgan fingerprint density at radius 1 is 1.50 bits per heavy atom. The maximum Gasteiger partial charge on any atom is 0.165 e. The molecule has 3 nitrogen and oxygen atoms in total. The van der Waals surface area contributed by atoms with Crippen molar-refractivity contribution in [2.75, 3.05) is 20.3 Å². The first-order chi connectivity index (χ1) is 6.81. The van der Waals surface area contributed by atoms with Crippen molar-refractivity contribution in [3.63, 3.8) is 0 Å². The van der Waals surface area contributed by atoms with Crippen LogP contribution in [0.4, 0.5) is 0 Å². The molecule has 1 heterocycles. The minimum absolute atomic E-state index is 0.686. The summed E-state index contributed by atoms with van der Waals surface area (Å²) in [5.41, 5.74) is 1.13. The molecule has 0 saturated heterocycles. The quantitative estimate of drug-likeness (QED) is 0.835. The fourth-order valence-corrected chi connectivity index (χ4v) is 2.00. The van der Waals surface area contributed by atoms with E-state index in [0.717, 1.165) is 34.6 Å². The number of hydrogen-bond acceptors (Lipinski definition) is 3. The van der Waals surface area contributed by atoms with Crippen LogP contribution in [0.5, 0.6) is 11.5 Å². The van der Waals surface area contributed by atoms with Crippen molar-refractivity contribution in [3.05, 3.63) is 22.2 Å². The fourth-order valence-electron chi connectivity index (χ4n) is 1.52. The van der Waals surface area contributed by atoms with Crippen molar-refractivity contribution >= 4 is 15.9 Å². The first-order valence-corrected chi connectivity index (χ1v) is 5.30. The zero-order valence-corrected chi connectivity index (χ0v) is 9.56. The van der Waals surface area contributed by atoms with Crippen LogP contribution in [0.1, 0.15) is 5.56 Å². The molecule has 14 heavy (non-hydrogen) atoms. The summed E-state index contributed by atoms with van der Waals surface area (Å²) < 4.78 is 11.9. The Labute approximate surface area is 91.5 Å². The number of fused-ring (bicyclic) bond motifs is 1. The molecule has 1 N–H and O–H groups in total. The van der Waals surface area contributed by atoms with Gasteiger partial charge in [0.15, 0.2) is 11.5 Å². The molecule has 0 fully saturated rings. The van der Waals surface area contributed by atoms with E-state index in [1.54, 1.807) is 7.11 Å². The molecule has 1 aromatic carbocycles. The van der Waals surface area contributed by atoms with Gasteiger partial charge in [0.2, 0.25) is 0 Å². The van der Waals surface area contributed by atoms with Crippen LogP contribution in [-0.2, 0) is 6.54 Å². The number of benzene rings is 1. The second-order valence-corrected chi connectivity index (χ2v) is 4.04. The predicted molar refractivity (Wildman–Crippen MR) is 57.9 cm³/mol. The molecule has 2 rings (SSSR count). The molecule has 1 aromatic rings. The van der Waals surface area contributed by atoms with E-state index in [4.69, 9.17) is 9.47 Å². The molecule has 0 unspecified atom stereocenters. The van der Waals surface area contributed by atoms with Crippen molar-refractivity contribution in [2.45, 2.75) is 6.54 Å². The van der Waals surface area contributed by atoms with Gasteiger partial charge >= 0.3 is 0 Å². The fraction of sp³-hybridized carbons (Fsp3) is 0.400. The molecule has 76 valence electrons. The summed E-state index contributed by atoms with van der Waals surface area (Å²) in [7, 11) is 1.66. The lowest BCUT2D eigenvalue weighted by Gasteiger charge is -2.11. The summed E-state index contributed by atoms with van der Waals surface area (Å²) >= 11 is 3.44. The second kappa shape index (κ2) is 4.19. The van der Waals surface area contributed by atoms with Crippen molar-refractivity contribution in [2.24, 2.45) is 0 Å². The predicted octanol–water partition coefficient (Wildman–Crippen LogP) is 1.94. The summed E-state index contributed by atoms with van der Waals surface area (Å²) in [6.45, 7) is 2.38. The normalized spacial score (nSPS) is 15.3. The topological polar surface area (TPSA) is 30.5 Å². The maximum absolute atomic E-state index is 5.62. The van der Waals surface area contributed by atoms with Gasteiger partial charge in [-0.3, -0.25) is 0 Å². The highest BCUT2D eigenvalue weighted by molar-refractivity contribution is 9.10. The van der Waals surface area contributed by atoms with Crippen LogP contribution in [0.3, 0.4) is 0 Å². The van der Waals surface area contributed by atoms with Crippen molar-refractivity contribution in [1.82, 2.24) is 5.32 Å². The van der Waals surface area contributed by atoms with E-state index in [2.05, 4.69) is 27.3 Å². The zero-order chi connectivity index (χ0) is 9.97. The Balaban J connectivity index is 2.46. The number of halogens is 1. The van der Waals surface area contributed by atoms with E-state index in [0.29, 0.717) is 6.61 Å². The van der Waals surface area contributed by atoms with Crippen LogP contribution in [-0.4, -0.2) is 20.3 Å². The molecular weight excluding hydrogens is 246 g/mol. The molecule has 0 aliphatic carbocycles. The third-order valence-corrected chi connectivity index (χ3v) is 2.61. The summed E-state index contributed by atoms with van der Waals surface area (Å²) in [4.78, 5) is 0. The van der Waals surface area contributed by atoms with E-state index >= 15 is 0 Å². The molecule has 0 bridgehead atoms. The summed E-state index contributed by atoms with van der Waals surface area (Å²) in [5, 5.41) is 3.28. The molecule has 0 aromatic heterocycles. The van der Waals surface area contributed by atoms with Crippen molar-refractivity contribution in [1.29, 1.82) is 0 Å². The minimum atomic E-state index is 0.686. The average Bonchev–Trinajstić information content (AvgIpc) is 2.41. The lowest BCUT2D eigenvalue weighted by atomic mass is 10.2. The highest BCUT2D eigenvalue weighted by Gasteiger charge is 2.14. The highest BCUT2D eigenvalue weighted by atomic mass is 79.9. The Morgan fingerprint density at radius 3 is 3.14 bits per heavy atom. The van der Waals surface area contributed by atoms with Gasteiger partial charge in [0.1, 0.15) is 6.61 Å². The van der Waals surface area contributed by atoms with Crippen LogP contribution in [0, 0.1) is 0 Å². The third kappa shape index (κ3) is 1.86. The Morgan fingerprint density at radius 2 is 2.36 bits per heavy atom. The number of methoxy groups -OCH3 is 1. The SMILES string of the molecule is COc1cc(Br)cc2c1OCCNC2. The lowest BCUT2D eigenvalue weighted by Crippen LogP contribution is -2.16. The van der Waals surface area contributed by atoms with E-state index in [1.807, 2.05) is 6.07 Å². The number of nitrogens with one attached hydrogen (secondary N) is 1. The maximum atomic E-state index is 5.62. The van der Waals surface area contributed by atoms with Crippen LogP contribution < -0.4 is 14.8 Å². The van der Waals surface area contributed by atoms with Gasteiger partial charge in [-0.15, -0.1) is 0 Å². The molecule has 0 radical (unpaired) electrons. The van der Waals surface area contributed by atoms with Crippen LogP contribution in [0.25, 0.3) is 0 Å². The number of hydrogen-bond donors (Lipinski definition) is 1. The van der Waals surface area contributed by atoms with E-state index < -0.39 is 0 Å². The molecule has 1 aliphatic heterocycles. The Bertz CT molecular complexity index is 341. The number of ether oxygens (including phenoxy) is 2. The zero-order valence-electron chi connectivity index (χ0n) is 7.97. The highest BCUT2D eigenvalue weighted by Crippen LogP contribution is 2.35. The molecule has 0 atom stereocenters. The molecule has 0 amide bonds. The van der Waals surface area contributed by atoms with Crippen LogP contribution >= 0.6 is 15.9 Å². The van der Waals surface area contributed by atoms with Gasteiger partial charge in [-0.25, -0.2) is 0 Å². The van der Waals surface area contributed by atoms with Gasteiger partial charge in [-0.1, -0.05) is 15.9 Å². The Hall–Kier alpha value is -0.740. The molecular formula is C10H12BrNO2. The standard InChI is InChI=1S/C10H12BrNO2/c1-13-9-5-8(11)4-7-6-12-2-3-14-10(7)9/h4-5,12H,2-3,6H2,1H3. The third-order valence-electron chi connectivity index (χ3n) is 2.16.